The van der Waals surface area contributed by atoms with E-state index in [2.05, 4.69) is 5.32 Å². The second-order valence-corrected chi connectivity index (χ2v) is 9.50. The molecule has 0 aliphatic carbocycles. The van der Waals surface area contributed by atoms with E-state index in [0.29, 0.717) is 13.1 Å². The zero-order valence-electron chi connectivity index (χ0n) is 16.8. The molecule has 1 saturated heterocycles. The van der Waals surface area contributed by atoms with Crippen molar-refractivity contribution in [1.82, 2.24) is 4.31 Å². The molecule has 0 radical (unpaired) electrons. The standard InChI is InChI=1S/C21H22ClFN2O5S/c1-14(30-21(27)15-5-7-16(23)8-6-15)20(26)24-19-13-17(9-10-18(19)22)31(28,29)25-11-3-2-4-12-25/h5-10,13-14H,2-4,11-12H2,1H3,(H,24,26). The lowest BCUT2D eigenvalue weighted by molar-refractivity contribution is -0.123. The summed E-state index contributed by atoms with van der Waals surface area (Å²) in [7, 11) is -3.71. The summed E-state index contributed by atoms with van der Waals surface area (Å²) in [6, 6.07) is 8.77. The van der Waals surface area contributed by atoms with Gasteiger partial charge in [-0.1, -0.05) is 18.0 Å². The van der Waals surface area contributed by atoms with Gasteiger partial charge in [0.05, 0.1) is 21.2 Å². The first-order valence-electron chi connectivity index (χ1n) is 9.75. The molecule has 31 heavy (non-hydrogen) atoms. The topological polar surface area (TPSA) is 92.8 Å². The maximum Gasteiger partial charge on any atom is 0.338 e. The Bertz CT molecular complexity index is 1070. The number of nitrogens with zero attached hydrogens (tertiary/aromatic N) is 1. The number of benzene rings is 2. The normalized spacial score (nSPS) is 15.8. The van der Waals surface area contributed by atoms with Gasteiger partial charge in [-0.25, -0.2) is 17.6 Å². The van der Waals surface area contributed by atoms with E-state index < -0.39 is 33.8 Å². The lowest BCUT2D eigenvalue weighted by Crippen LogP contribution is -2.35. The van der Waals surface area contributed by atoms with Crippen LogP contribution in [0.2, 0.25) is 5.02 Å². The first kappa shape index (κ1) is 23.2. The third kappa shape index (κ3) is 5.61. The van der Waals surface area contributed by atoms with Crippen LogP contribution in [0.25, 0.3) is 0 Å². The molecule has 1 atom stereocenters. The summed E-state index contributed by atoms with van der Waals surface area (Å²) in [6.45, 7) is 2.25. The summed E-state index contributed by atoms with van der Waals surface area (Å²) < 4.78 is 45.2. The number of amides is 1. The molecule has 1 aliphatic heterocycles. The van der Waals surface area contributed by atoms with E-state index in [1.165, 1.54) is 41.6 Å². The number of hydrogen-bond acceptors (Lipinski definition) is 5. The van der Waals surface area contributed by atoms with Crippen molar-refractivity contribution in [3.8, 4) is 0 Å². The number of piperidine rings is 1. The van der Waals surface area contributed by atoms with Crippen LogP contribution in [-0.2, 0) is 19.6 Å². The number of halogens is 2. The molecule has 1 unspecified atom stereocenters. The lowest BCUT2D eigenvalue weighted by Gasteiger charge is -2.26. The van der Waals surface area contributed by atoms with Crippen LogP contribution in [0.4, 0.5) is 10.1 Å². The van der Waals surface area contributed by atoms with Crippen LogP contribution < -0.4 is 5.32 Å². The van der Waals surface area contributed by atoms with Gasteiger partial charge in [-0.3, -0.25) is 4.79 Å². The predicted octanol–water partition coefficient (Wildman–Crippen LogP) is 3.84. The molecule has 1 heterocycles. The Balaban J connectivity index is 1.71. The minimum absolute atomic E-state index is 0.0186. The van der Waals surface area contributed by atoms with Gasteiger partial charge in [0.2, 0.25) is 10.0 Å². The zero-order valence-corrected chi connectivity index (χ0v) is 18.4. The molecule has 0 saturated carbocycles. The monoisotopic (exact) mass is 468 g/mol. The molecule has 1 aliphatic rings. The molecule has 1 fully saturated rings. The van der Waals surface area contributed by atoms with E-state index in [4.69, 9.17) is 16.3 Å². The average molecular weight is 469 g/mol. The van der Waals surface area contributed by atoms with Crippen molar-refractivity contribution in [3.05, 3.63) is 58.9 Å². The molecular formula is C21H22ClFN2O5S. The number of esters is 1. The predicted molar refractivity (Wildman–Crippen MR) is 114 cm³/mol. The van der Waals surface area contributed by atoms with E-state index in [1.807, 2.05) is 0 Å². The molecular weight excluding hydrogens is 447 g/mol. The van der Waals surface area contributed by atoms with Gasteiger partial charge in [-0.15, -0.1) is 0 Å². The molecule has 166 valence electrons. The van der Waals surface area contributed by atoms with E-state index in [1.54, 1.807) is 0 Å². The minimum Gasteiger partial charge on any atom is -0.449 e. The van der Waals surface area contributed by atoms with Crippen molar-refractivity contribution >= 4 is 39.2 Å². The van der Waals surface area contributed by atoms with Crippen LogP contribution in [-0.4, -0.2) is 43.8 Å². The van der Waals surface area contributed by atoms with Crippen molar-refractivity contribution in [3.63, 3.8) is 0 Å². The van der Waals surface area contributed by atoms with Crippen molar-refractivity contribution in [2.75, 3.05) is 18.4 Å². The Kier molecular flexibility index (Phi) is 7.30. The number of rotatable bonds is 6. The summed E-state index contributed by atoms with van der Waals surface area (Å²) in [5, 5.41) is 2.64. The van der Waals surface area contributed by atoms with Gasteiger partial charge in [0.1, 0.15) is 5.82 Å². The van der Waals surface area contributed by atoms with E-state index in [0.717, 1.165) is 31.4 Å². The second-order valence-electron chi connectivity index (χ2n) is 7.15. The summed E-state index contributed by atoms with van der Waals surface area (Å²) >= 11 is 6.13. The number of anilines is 1. The van der Waals surface area contributed by atoms with Gasteiger partial charge in [-0.2, -0.15) is 4.31 Å². The highest BCUT2D eigenvalue weighted by Gasteiger charge is 2.27. The van der Waals surface area contributed by atoms with Gasteiger partial charge < -0.3 is 10.1 Å². The molecule has 0 spiro atoms. The smallest absolute Gasteiger partial charge is 0.338 e. The van der Waals surface area contributed by atoms with Crippen LogP contribution in [0.5, 0.6) is 0 Å². The quantitative estimate of drug-likeness (QED) is 0.650. The van der Waals surface area contributed by atoms with Crippen molar-refractivity contribution in [1.29, 1.82) is 0 Å². The van der Waals surface area contributed by atoms with Gasteiger partial charge >= 0.3 is 5.97 Å². The summed E-state index contributed by atoms with van der Waals surface area (Å²) in [5.74, 6) is -1.99. The largest absolute Gasteiger partial charge is 0.449 e. The molecule has 7 nitrogen and oxygen atoms in total. The third-order valence-corrected chi connectivity index (χ3v) is 7.11. The first-order valence-corrected chi connectivity index (χ1v) is 11.6. The highest BCUT2D eigenvalue weighted by Crippen LogP contribution is 2.28. The van der Waals surface area contributed by atoms with Gasteiger partial charge in [0.15, 0.2) is 6.10 Å². The SMILES string of the molecule is CC(OC(=O)c1ccc(F)cc1)C(=O)Nc1cc(S(=O)(=O)N2CCCCC2)ccc1Cl. The van der Waals surface area contributed by atoms with E-state index in [9.17, 15) is 22.4 Å². The fraction of sp³-hybridized carbons (Fsp3) is 0.333. The molecule has 1 amide bonds. The number of hydrogen-bond donors (Lipinski definition) is 1. The van der Waals surface area contributed by atoms with E-state index in [-0.39, 0.29) is 21.2 Å². The van der Waals surface area contributed by atoms with Gasteiger partial charge in [0, 0.05) is 13.1 Å². The molecule has 2 aromatic carbocycles. The summed E-state index contributed by atoms with van der Waals surface area (Å²) in [5.41, 5.74) is 0.183. The number of ether oxygens (including phenoxy) is 1. The Morgan fingerprint density at radius 3 is 2.39 bits per heavy atom. The number of carbonyl (C=O) groups is 2. The van der Waals surface area contributed by atoms with Crippen molar-refractivity contribution in [2.24, 2.45) is 0 Å². The molecule has 2 aromatic rings. The molecule has 1 N–H and O–H groups in total. The fourth-order valence-electron chi connectivity index (χ4n) is 3.12. The van der Waals surface area contributed by atoms with Crippen LogP contribution in [0.3, 0.4) is 0 Å². The van der Waals surface area contributed by atoms with Gasteiger partial charge in [0.25, 0.3) is 5.91 Å². The van der Waals surface area contributed by atoms with Crippen LogP contribution in [0, 0.1) is 5.82 Å². The Labute approximate surface area is 185 Å². The summed E-state index contributed by atoms with van der Waals surface area (Å²) in [4.78, 5) is 24.6. The average Bonchev–Trinajstić information content (AvgIpc) is 2.76. The number of carbonyl (C=O) groups excluding carboxylic acids is 2. The summed E-state index contributed by atoms with van der Waals surface area (Å²) in [6.07, 6.45) is 1.39. The van der Waals surface area contributed by atoms with Crippen molar-refractivity contribution < 1.29 is 27.1 Å². The molecule has 0 aromatic heterocycles. The Morgan fingerprint density at radius 1 is 1.10 bits per heavy atom. The van der Waals surface area contributed by atoms with E-state index >= 15 is 0 Å². The Morgan fingerprint density at radius 2 is 1.74 bits per heavy atom. The maximum absolute atomic E-state index is 13.0. The van der Waals surface area contributed by atoms with Crippen LogP contribution >= 0.6 is 11.6 Å². The lowest BCUT2D eigenvalue weighted by atomic mass is 10.2. The zero-order chi connectivity index (χ0) is 22.6. The third-order valence-electron chi connectivity index (χ3n) is 4.88. The van der Waals surface area contributed by atoms with Crippen molar-refractivity contribution in [2.45, 2.75) is 37.2 Å². The highest BCUT2D eigenvalue weighted by atomic mass is 35.5. The number of sulfonamides is 1. The van der Waals surface area contributed by atoms with Gasteiger partial charge in [-0.05, 0) is 62.2 Å². The fourth-order valence-corrected chi connectivity index (χ4v) is 4.83. The maximum atomic E-state index is 13.0. The number of nitrogens with one attached hydrogen (secondary N) is 1. The Hall–Kier alpha value is -2.49. The first-order chi connectivity index (χ1) is 14.7. The van der Waals surface area contributed by atoms with Crippen LogP contribution in [0.15, 0.2) is 47.4 Å². The highest BCUT2D eigenvalue weighted by molar-refractivity contribution is 7.89. The molecule has 10 heteroatoms. The molecule has 0 bridgehead atoms. The second kappa shape index (κ2) is 9.76. The van der Waals surface area contributed by atoms with Crippen LogP contribution in [0.1, 0.15) is 36.5 Å². The minimum atomic E-state index is -3.71. The molecule has 3 rings (SSSR count).